The van der Waals surface area contributed by atoms with E-state index in [0.717, 1.165) is 6.42 Å². The third kappa shape index (κ3) is 4.40. The van der Waals surface area contributed by atoms with Crippen molar-refractivity contribution in [3.05, 3.63) is 21.0 Å². The van der Waals surface area contributed by atoms with Gasteiger partial charge in [-0.2, -0.15) is 5.10 Å². The summed E-state index contributed by atoms with van der Waals surface area (Å²) in [4.78, 5) is 11.9. The van der Waals surface area contributed by atoms with Gasteiger partial charge in [0.25, 0.3) is 5.56 Å². The molecule has 2 N–H and O–H groups in total. The zero-order valence-corrected chi connectivity index (χ0v) is 11.9. The molecule has 6 nitrogen and oxygen atoms in total. The predicted molar refractivity (Wildman–Crippen MR) is 72.9 cm³/mol. The maximum absolute atomic E-state index is 11.9. The molecule has 0 spiro atoms. The molecular weight excluding hydrogens is 302 g/mol. The monoisotopic (exact) mass is 319 g/mol. The third-order valence-electron chi connectivity index (χ3n) is 2.22. The van der Waals surface area contributed by atoms with Gasteiger partial charge in [0.15, 0.2) is 0 Å². The molecule has 1 aromatic heterocycles. The summed E-state index contributed by atoms with van der Waals surface area (Å²) in [6, 6.07) is 0. The molecule has 1 aromatic rings. The minimum absolute atomic E-state index is 0.0122. The lowest BCUT2D eigenvalue weighted by Crippen LogP contribution is -2.25. The SMILES string of the molecule is CCCn1ncc(NCCOCCO)c(Br)c1=O. The lowest BCUT2D eigenvalue weighted by atomic mass is 10.4. The molecule has 0 bridgehead atoms. The van der Waals surface area contributed by atoms with E-state index in [1.165, 1.54) is 4.68 Å². The minimum Gasteiger partial charge on any atom is -0.394 e. The van der Waals surface area contributed by atoms with Gasteiger partial charge in [0.1, 0.15) is 4.47 Å². The number of nitrogens with zero attached hydrogens (tertiary/aromatic N) is 2. The van der Waals surface area contributed by atoms with E-state index in [2.05, 4.69) is 26.3 Å². The highest BCUT2D eigenvalue weighted by atomic mass is 79.9. The average Bonchev–Trinajstić information content (AvgIpc) is 2.37. The fourth-order valence-corrected chi connectivity index (χ4v) is 1.83. The van der Waals surface area contributed by atoms with Gasteiger partial charge in [-0.15, -0.1) is 0 Å². The number of nitrogens with one attached hydrogen (secondary N) is 1. The van der Waals surface area contributed by atoms with Crippen molar-refractivity contribution in [2.24, 2.45) is 0 Å². The van der Waals surface area contributed by atoms with E-state index in [0.29, 0.717) is 36.5 Å². The van der Waals surface area contributed by atoms with Gasteiger partial charge in [-0.1, -0.05) is 6.92 Å². The summed E-state index contributed by atoms with van der Waals surface area (Å²) >= 11 is 3.27. The molecular formula is C11H18BrN3O3. The third-order valence-corrected chi connectivity index (χ3v) is 2.98. The zero-order chi connectivity index (χ0) is 13.4. The summed E-state index contributed by atoms with van der Waals surface area (Å²) in [5.41, 5.74) is 0.512. The van der Waals surface area contributed by atoms with Gasteiger partial charge >= 0.3 is 0 Å². The fraction of sp³-hybridized carbons (Fsp3) is 0.636. The van der Waals surface area contributed by atoms with E-state index < -0.39 is 0 Å². The van der Waals surface area contributed by atoms with Gasteiger partial charge in [0, 0.05) is 13.1 Å². The van der Waals surface area contributed by atoms with Crippen LogP contribution < -0.4 is 10.9 Å². The standard InChI is InChI=1S/C11H18BrN3O3/c1-2-4-15-11(17)10(12)9(8-14-15)13-3-6-18-7-5-16/h8,13,16H,2-7H2,1H3. The number of anilines is 1. The van der Waals surface area contributed by atoms with Crippen molar-refractivity contribution in [1.82, 2.24) is 9.78 Å². The Balaban J connectivity index is 2.57. The molecule has 1 heterocycles. The van der Waals surface area contributed by atoms with Crippen molar-refractivity contribution >= 4 is 21.6 Å². The normalized spacial score (nSPS) is 10.6. The second-order valence-corrected chi connectivity index (χ2v) is 4.46. The first kappa shape index (κ1) is 15.1. The average molecular weight is 320 g/mol. The second kappa shape index (κ2) is 8.23. The summed E-state index contributed by atoms with van der Waals surface area (Å²) in [6.45, 7) is 3.95. The number of hydrogen-bond donors (Lipinski definition) is 2. The summed E-state index contributed by atoms with van der Waals surface area (Å²) < 4.78 is 7.01. The van der Waals surface area contributed by atoms with E-state index >= 15 is 0 Å². The summed E-state index contributed by atoms with van der Waals surface area (Å²) in [5.74, 6) is 0. The van der Waals surface area contributed by atoms with Crippen LogP contribution in [-0.2, 0) is 11.3 Å². The lowest BCUT2D eigenvalue weighted by Gasteiger charge is -2.10. The Bertz CT molecular complexity index is 422. The molecule has 18 heavy (non-hydrogen) atoms. The highest BCUT2D eigenvalue weighted by Gasteiger charge is 2.07. The smallest absolute Gasteiger partial charge is 0.283 e. The Morgan fingerprint density at radius 2 is 2.33 bits per heavy atom. The van der Waals surface area contributed by atoms with Crippen LogP contribution in [0.4, 0.5) is 5.69 Å². The Hall–Kier alpha value is -0.920. The molecule has 0 unspecified atom stereocenters. The van der Waals surface area contributed by atoms with Crippen LogP contribution in [0.5, 0.6) is 0 Å². The van der Waals surface area contributed by atoms with E-state index in [4.69, 9.17) is 9.84 Å². The number of aliphatic hydroxyl groups excluding tert-OH is 1. The lowest BCUT2D eigenvalue weighted by molar-refractivity contribution is 0.0992. The molecule has 0 saturated carbocycles. The summed E-state index contributed by atoms with van der Waals surface area (Å²) in [7, 11) is 0. The second-order valence-electron chi connectivity index (χ2n) is 3.66. The van der Waals surface area contributed by atoms with Crippen molar-refractivity contribution in [3.63, 3.8) is 0 Å². The molecule has 0 amide bonds. The number of aromatic nitrogens is 2. The maximum Gasteiger partial charge on any atom is 0.283 e. The summed E-state index contributed by atoms with van der Waals surface area (Å²) in [5, 5.41) is 15.7. The fourth-order valence-electron chi connectivity index (χ4n) is 1.38. The molecule has 0 aliphatic heterocycles. The van der Waals surface area contributed by atoms with Crippen LogP contribution >= 0.6 is 15.9 Å². The predicted octanol–water partition coefficient (Wildman–Crippen LogP) is 0.837. The first-order valence-electron chi connectivity index (χ1n) is 5.88. The largest absolute Gasteiger partial charge is 0.394 e. The van der Waals surface area contributed by atoms with Gasteiger partial charge in [-0.3, -0.25) is 4.79 Å². The topological polar surface area (TPSA) is 76.4 Å². The molecule has 0 aliphatic rings. The van der Waals surface area contributed by atoms with Crippen molar-refractivity contribution in [2.75, 3.05) is 31.7 Å². The number of aryl methyl sites for hydroxylation is 1. The van der Waals surface area contributed by atoms with Gasteiger partial charge in [0.05, 0.1) is 31.7 Å². The van der Waals surface area contributed by atoms with Crippen LogP contribution in [0.2, 0.25) is 0 Å². The van der Waals surface area contributed by atoms with Crippen LogP contribution in [0.15, 0.2) is 15.5 Å². The van der Waals surface area contributed by atoms with Crippen LogP contribution in [0, 0.1) is 0 Å². The van der Waals surface area contributed by atoms with E-state index in [9.17, 15) is 4.79 Å². The van der Waals surface area contributed by atoms with Gasteiger partial charge in [0.2, 0.25) is 0 Å². The molecule has 0 saturated heterocycles. The molecule has 1 rings (SSSR count). The molecule has 102 valence electrons. The van der Waals surface area contributed by atoms with Crippen LogP contribution in [0.1, 0.15) is 13.3 Å². The molecule has 0 atom stereocenters. The Morgan fingerprint density at radius 3 is 3.00 bits per heavy atom. The highest BCUT2D eigenvalue weighted by molar-refractivity contribution is 9.10. The van der Waals surface area contributed by atoms with Crippen LogP contribution in [-0.4, -0.2) is 41.3 Å². The highest BCUT2D eigenvalue weighted by Crippen LogP contribution is 2.15. The molecule has 7 heteroatoms. The van der Waals surface area contributed by atoms with Crippen LogP contribution in [0.3, 0.4) is 0 Å². The first-order chi connectivity index (χ1) is 8.70. The first-order valence-corrected chi connectivity index (χ1v) is 6.68. The van der Waals surface area contributed by atoms with E-state index in [1.54, 1.807) is 6.20 Å². The number of ether oxygens (including phenoxy) is 1. The molecule has 0 fully saturated rings. The van der Waals surface area contributed by atoms with Crippen LogP contribution in [0.25, 0.3) is 0 Å². The van der Waals surface area contributed by atoms with Crippen molar-refractivity contribution in [1.29, 1.82) is 0 Å². The van der Waals surface area contributed by atoms with Crippen molar-refractivity contribution < 1.29 is 9.84 Å². The van der Waals surface area contributed by atoms with E-state index in [1.807, 2.05) is 6.92 Å². The van der Waals surface area contributed by atoms with Gasteiger partial charge < -0.3 is 15.2 Å². The Morgan fingerprint density at radius 1 is 1.56 bits per heavy atom. The maximum atomic E-state index is 11.9. The number of hydrogen-bond acceptors (Lipinski definition) is 5. The number of aliphatic hydroxyl groups is 1. The summed E-state index contributed by atoms with van der Waals surface area (Å²) in [6.07, 6.45) is 2.48. The molecule has 0 radical (unpaired) electrons. The quantitative estimate of drug-likeness (QED) is 0.694. The molecule has 0 aromatic carbocycles. The molecule has 0 aliphatic carbocycles. The number of rotatable bonds is 8. The van der Waals surface area contributed by atoms with Crippen molar-refractivity contribution in [3.8, 4) is 0 Å². The Labute approximate surface area is 114 Å². The van der Waals surface area contributed by atoms with Crippen molar-refractivity contribution in [2.45, 2.75) is 19.9 Å². The Kier molecular flexibility index (Phi) is 6.92. The minimum atomic E-state index is -0.141. The zero-order valence-electron chi connectivity index (χ0n) is 10.4. The van der Waals surface area contributed by atoms with E-state index in [-0.39, 0.29) is 12.2 Å². The number of halogens is 1. The van der Waals surface area contributed by atoms with Gasteiger partial charge in [-0.05, 0) is 22.4 Å². The van der Waals surface area contributed by atoms with Gasteiger partial charge in [-0.25, -0.2) is 4.68 Å².